The highest BCUT2D eigenvalue weighted by Gasteiger charge is 2.06. The maximum atomic E-state index is 13.5. The molecule has 0 aliphatic heterocycles. The Morgan fingerprint density at radius 2 is 2.22 bits per heavy atom. The minimum Gasteiger partial charge on any atom is -0.483 e. The molecule has 1 heterocycles. The molecule has 0 atom stereocenters. The lowest BCUT2D eigenvalue weighted by Gasteiger charge is -2.06. The van der Waals surface area contributed by atoms with Crippen molar-refractivity contribution in [2.45, 2.75) is 6.61 Å². The number of rotatable bonds is 3. The fraction of sp³-hybridized carbons (Fsp3) is 0.0833. The lowest BCUT2D eigenvalue weighted by Crippen LogP contribution is -2.02. The number of nitrogens with zero attached hydrogens (tertiary/aromatic N) is 3. The van der Waals surface area contributed by atoms with E-state index in [-0.39, 0.29) is 17.9 Å². The van der Waals surface area contributed by atoms with E-state index in [2.05, 4.69) is 9.97 Å². The summed E-state index contributed by atoms with van der Waals surface area (Å²) in [5.74, 6) is -0.208. The average Bonchev–Trinajstić information content (AvgIpc) is 2.37. The third-order valence-corrected chi connectivity index (χ3v) is 2.30. The summed E-state index contributed by atoms with van der Waals surface area (Å²) in [6.45, 7) is 0.00335. The summed E-state index contributed by atoms with van der Waals surface area (Å²) in [4.78, 5) is 7.83. The van der Waals surface area contributed by atoms with Crippen LogP contribution in [0.15, 0.2) is 30.5 Å². The molecular weight excluding hydrogens is 257 g/mol. The molecule has 0 aliphatic rings. The zero-order valence-corrected chi connectivity index (χ0v) is 9.86. The molecule has 0 saturated carbocycles. The Kier molecular flexibility index (Phi) is 3.70. The summed E-state index contributed by atoms with van der Waals surface area (Å²) in [7, 11) is 0. The zero-order chi connectivity index (χ0) is 13.0. The maximum Gasteiger partial charge on any atom is 0.167 e. The average molecular weight is 264 g/mol. The van der Waals surface area contributed by atoms with Gasteiger partial charge in [0.05, 0.1) is 11.6 Å². The Hall–Kier alpha value is -2.19. The van der Waals surface area contributed by atoms with Gasteiger partial charge < -0.3 is 4.74 Å². The van der Waals surface area contributed by atoms with Crippen molar-refractivity contribution in [3.63, 3.8) is 0 Å². The smallest absolute Gasteiger partial charge is 0.167 e. The summed E-state index contributed by atoms with van der Waals surface area (Å²) < 4.78 is 18.7. The third kappa shape index (κ3) is 2.93. The normalized spacial score (nSPS) is 9.83. The van der Waals surface area contributed by atoms with Crippen molar-refractivity contribution in [1.29, 1.82) is 5.26 Å². The molecule has 1 aromatic heterocycles. The third-order valence-electron chi connectivity index (χ3n) is 2.09. The van der Waals surface area contributed by atoms with Crippen molar-refractivity contribution in [2.75, 3.05) is 0 Å². The van der Waals surface area contributed by atoms with Gasteiger partial charge in [-0.15, -0.1) is 0 Å². The van der Waals surface area contributed by atoms with Crippen molar-refractivity contribution >= 4 is 11.6 Å². The van der Waals surface area contributed by atoms with Gasteiger partial charge in [0.25, 0.3) is 0 Å². The Labute approximate surface area is 108 Å². The van der Waals surface area contributed by atoms with E-state index in [1.54, 1.807) is 0 Å². The molecule has 0 saturated heterocycles. The van der Waals surface area contributed by atoms with E-state index < -0.39 is 5.82 Å². The van der Waals surface area contributed by atoms with Crippen molar-refractivity contribution in [3.05, 3.63) is 52.8 Å². The fourth-order valence-electron chi connectivity index (χ4n) is 1.27. The first-order valence-corrected chi connectivity index (χ1v) is 5.36. The minimum absolute atomic E-state index is 0.00335. The molecule has 0 radical (unpaired) electrons. The van der Waals surface area contributed by atoms with E-state index in [0.717, 1.165) is 6.07 Å². The second-order valence-electron chi connectivity index (χ2n) is 3.34. The van der Waals surface area contributed by atoms with Crippen molar-refractivity contribution in [1.82, 2.24) is 9.97 Å². The van der Waals surface area contributed by atoms with E-state index >= 15 is 0 Å². The van der Waals surface area contributed by atoms with Gasteiger partial charge in [-0.1, -0.05) is 11.6 Å². The SMILES string of the molecule is N#Cc1ccc(OCc2nccc(Cl)n2)c(F)c1. The van der Waals surface area contributed by atoms with Crippen molar-refractivity contribution in [3.8, 4) is 11.8 Å². The van der Waals surface area contributed by atoms with Crippen LogP contribution < -0.4 is 4.74 Å². The van der Waals surface area contributed by atoms with Crippen molar-refractivity contribution < 1.29 is 9.13 Å². The van der Waals surface area contributed by atoms with Gasteiger partial charge in [0.15, 0.2) is 17.4 Å². The van der Waals surface area contributed by atoms with E-state index in [9.17, 15) is 4.39 Å². The van der Waals surface area contributed by atoms with E-state index in [0.29, 0.717) is 11.0 Å². The molecule has 0 aliphatic carbocycles. The van der Waals surface area contributed by atoms with Crippen LogP contribution in [-0.2, 0) is 6.61 Å². The quantitative estimate of drug-likeness (QED) is 0.799. The molecule has 2 rings (SSSR count). The summed E-state index contributed by atoms with van der Waals surface area (Å²) >= 11 is 5.68. The molecule has 90 valence electrons. The minimum atomic E-state index is -0.601. The Morgan fingerprint density at radius 1 is 1.39 bits per heavy atom. The maximum absolute atomic E-state index is 13.5. The standard InChI is InChI=1S/C12H7ClFN3O/c13-11-3-4-16-12(17-11)7-18-10-2-1-8(6-15)5-9(10)14/h1-5H,7H2. The molecular formula is C12H7ClFN3O. The molecule has 1 aromatic carbocycles. The number of ether oxygens (including phenoxy) is 1. The molecule has 6 heteroatoms. The first-order valence-electron chi connectivity index (χ1n) is 4.99. The van der Waals surface area contributed by atoms with Crippen LogP contribution in [0.4, 0.5) is 4.39 Å². The fourth-order valence-corrected chi connectivity index (χ4v) is 1.43. The zero-order valence-electron chi connectivity index (χ0n) is 9.10. The van der Waals surface area contributed by atoms with Crippen LogP contribution in [0.5, 0.6) is 5.75 Å². The van der Waals surface area contributed by atoms with E-state index in [4.69, 9.17) is 21.6 Å². The van der Waals surface area contributed by atoms with Crippen LogP contribution >= 0.6 is 11.6 Å². The summed E-state index contributed by atoms with van der Waals surface area (Å²) in [5, 5.41) is 8.89. The predicted molar refractivity (Wildman–Crippen MR) is 62.5 cm³/mol. The van der Waals surface area contributed by atoms with Gasteiger partial charge in [0.2, 0.25) is 0 Å². The topological polar surface area (TPSA) is 58.8 Å². The molecule has 2 aromatic rings. The lowest BCUT2D eigenvalue weighted by atomic mass is 10.2. The van der Waals surface area contributed by atoms with E-state index in [1.807, 2.05) is 6.07 Å². The number of halogens is 2. The molecule has 0 unspecified atom stereocenters. The van der Waals surface area contributed by atoms with Crippen LogP contribution in [0.2, 0.25) is 5.15 Å². The second kappa shape index (κ2) is 5.43. The Bertz CT molecular complexity index is 613. The Balaban J connectivity index is 2.09. The first kappa shape index (κ1) is 12.3. The highest BCUT2D eigenvalue weighted by atomic mass is 35.5. The molecule has 18 heavy (non-hydrogen) atoms. The van der Waals surface area contributed by atoms with Gasteiger partial charge in [0, 0.05) is 6.20 Å². The van der Waals surface area contributed by atoms with Crippen LogP contribution in [0, 0.1) is 17.1 Å². The largest absolute Gasteiger partial charge is 0.483 e. The lowest BCUT2D eigenvalue weighted by molar-refractivity contribution is 0.281. The van der Waals surface area contributed by atoms with Gasteiger partial charge in [0.1, 0.15) is 11.8 Å². The predicted octanol–water partition coefficient (Wildman–Crippen LogP) is 2.72. The number of hydrogen-bond acceptors (Lipinski definition) is 4. The number of benzene rings is 1. The van der Waals surface area contributed by atoms with Crippen molar-refractivity contribution in [2.24, 2.45) is 0 Å². The second-order valence-corrected chi connectivity index (χ2v) is 3.73. The van der Waals surface area contributed by atoms with Gasteiger partial charge in [-0.2, -0.15) is 5.26 Å². The number of hydrogen-bond donors (Lipinski definition) is 0. The number of aromatic nitrogens is 2. The monoisotopic (exact) mass is 263 g/mol. The molecule has 0 bridgehead atoms. The van der Waals surface area contributed by atoms with E-state index in [1.165, 1.54) is 24.4 Å². The van der Waals surface area contributed by atoms with Gasteiger partial charge >= 0.3 is 0 Å². The highest BCUT2D eigenvalue weighted by molar-refractivity contribution is 6.29. The molecule has 0 N–H and O–H groups in total. The van der Waals surface area contributed by atoms with Crippen LogP contribution in [-0.4, -0.2) is 9.97 Å². The number of nitriles is 1. The highest BCUT2D eigenvalue weighted by Crippen LogP contribution is 2.18. The Morgan fingerprint density at radius 3 is 2.89 bits per heavy atom. The first-order chi connectivity index (χ1) is 8.69. The summed E-state index contributed by atoms with van der Waals surface area (Å²) in [6.07, 6.45) is 1.49. The molecule has 0 spiro atoms. The molecule has 0 amide bonds. The molecule has 0 fully saturated rings. The summed E-state index contributed by atoms with van der Waals surface area (Å²) in [6, 6.07) is 7.34. The summed E-state index contributed by atoms with van der Waals surface area (Å²) in [5.41, 5.74) is 0.235. The molecule has 4 nitrogen and oxygen atoms in total. The van der Waals surface area contributed by atoms with Crippen LogP contribution in [0.1, 0.15) is 11.4 Å². The van der Waals surface area contributed by atoms with Crippen LogP contribution in [0.25, 0.3) is 0 Å². The van der Waals surface area contributed by atoms with Gasteiger partial charge in [-0.25, -0.2) is 14.4 Å². The van der Waals surface area contributed by atoms with Crippen LogP contribution in [0.3, 0.4) is 0 Å². The van der Waals surface area contributed by atoms with Gasteiger partial charge in [-0.05, 0) is 24.3 Å². The van der Waals surface area contributed by atoms with Gasteiger partial charge in [-0.3, -0.25) is 0 Å².